The van der Waals surface area contributed by atoms with Crippen molar-refractivity contribution in [1.82, 2.24) is 15.1 Å². The summed E-state index contributed by atoms with van der Waals surface area (Å²) in [4.78, 5) is 11.3. The Morgan fingerprint density at radius 1 is 1.65 bits per heavy atom. The van der Waals surface area contributed by atoms with Crippen LogP contribution in [-0.2, 0) is 17.5 Å². The van der Waals surface area contributed by atoms with Crippen LogP contribution in [0.2, 0.25) is 0 Å². The summed E-state index contributed by atoms with van der Waals surface area (Å²) in [5, 5.41) is 6.02. The van der Waals surface area contributed by atoms with Gasteiger partial charge in [-0.3, -0.25) is 9.48 Å². The van der Waals surface area contributed by atoms with Gasteiger partial charge in [-0.1, -0.05) is 6.08 Å². The highest BCUT2D eigenvalue weighted by atomic mass is 19.4. The first-order chi connectivity index (χ1) is 7.84. The Kier molecular flexibility index (Phi) is 3.93. The molecule has 1 heterocycles. The van der Waals surface area contributed by atoms with Crippen LogP contribution in [0.3, 0.4) is 0 Å². The zero-order valence-electron chi connectivity index (χ0n) is 9.21. The number of hydrogen-bond acceptors (Lipinski definition) is 2. The van der Waals surface area contributed by atoms with Crippen LogP contribution >= 0.6 is 0 Å². The fourth-order valence-electron chi connectivity index (χ4n) is 1.27. The highest BCUT2D eigenvalue weighted by molar-refractivity contribution is 5.75. The van der Waals surface area contributed by atoms with Crippen molar-refractivity contribution >= 4 is 5.91 Å². The van der Waals surface area contributed by atoms with Crippen LogP contribution in [0.25, 0.3) is 0 Å². The van der Waals surface area contributed by atoms with Gasteiger partial charge in [0.25, 0.3) is 0 Å². The second kappa shape index (κ2) is 5.03. The topological polar surface area (TPSA) is 46.9 Å². The quantitative estimate of drug-likeness (QED) is 0.820. The maximum absolute atomic E-state index is 12.6. The fourth-order valence-corrected chi connectivity index (χ4v) is 1.27. The van der Waals surface area contributed by atoms with Gasteiger partial charge in [0, 0.05) is 6.54 Å². The standard InChI is InChI=1S/C10H12F3N3O/c1-3-4-14-9(17)6-16-8(10(11,12)13)5-7(2)15-16/h3,5H,1,4,6H2,2H3,(H,14,17). The Balaban J connectivity index is 2.84. The van der Waals surface area contributed by atoms with Gasteiger partial charge in [0.1, 0.15) is 12.2 Å². The van der Waals surface area contributed by atoms with Crippen LogP contribution < -0.4 is 5.32 Å². The van der Waals surface area contributed by atoms with E-state index in [2.05, 4.69) is 17.0 Å². The minimum atomic E-state index is -4.51. The van der Waals surface area contributed by atoms with E-state index in [9.17, 15) is 18.0 Å². The van der Waals surface area contributed by atoms with Crippen molar-refractivity contribution in [2.45, 2.75) is 19.6 Å². The van der Waals surface area contributed by atoms with Gasteiger partial charge in [0.05, 0.1) is 5.69 Å². The van der Waals surface area contributed by atoms with E-state index in [1.807, 2.05) is 0 Å². The lowest BCUT2D eigenvalue weighted by Gasteiger charge is -2.09. The molecule has 0 saturated heterocycles. The molecule has 0 spiro atoms. The number of rotatable bonds is 4. The molecule has 0 saturated carbocycles. The molecule has 0 unspecified atom stereocenters. The highest BCUT2D eigenvalue weighted by Gasteiger charge is 2.35. The normalized spacial score (nSPS) is 11.3. The van der Waals surface area contributed by atoms with Crippen molar-refractivity contribution < 1.29 is 18.0 Å². The molecule has 0 aromatic carbocycles. The molecule has 17 heavy (non-hydrogen) atoms. The van der Waals surface area contributed by atoms with Crippen molar-refractivity contribution in [2.24, 2.45) is 0 Å². The average molecular weight is 247 g/mol. The molecule has 0 aliphatic rings. The third-order valence-corrected chi connectivity index (χ3v) is 1.93. The number of carbonyl (C=O) groups excluding carboxylic acids is 1. The van der Waals surface area contributed by atoms with Crippen molar-refractivity contribution in [3.05, 3.63) is 30.1 Å². The molecular weight excluding hydrogens is 235 g/mol. The first-order valence-electron chi connectivity index (χ1n) is 4.84. The number of nitrogens with zero attached hydrogens (tertiary/aromatic N) is 2. The summed E-state index contributed by atoms with van der Waals surface area (Å²) in [6.45, 7) is 4.57. The molecule has 1 aromatic heterocycles. The lowest BCUT2D eigenvalue weighted by molar-refractivity contribution is -0.144. The number of halogens is 3. The summed E-state index contributed by atoms with van der Waals surface area (Å²) in [6.07, 6.45) is -3.07. The van der Waals surface area contributed by atoms with Gasteiger partial charge < -0.3 is 5.32 Å². The third-order valence-electron chi connectivity index (χ3n) is 1.93. The number of carbonyl (C=O) groups is 1. The molecule has 0 aliphatic heterocycles. The third kappa shape index (κ3) is 3.61. The largest absolute Gasteiger partial charge is 0.433 e. The molecule has 1 N–H and O–H groups in total. The van der Waals surface area contributed by atoms with Crippen molar-refractivity contribution in [2.75, 3.05) is 6.54 Å². The SMILES string of the molecule is C=CCNC(=O)Cn1nc(C)cc1C(F)(F)F. The first kappa shape index (κ1) is 13.3. The molecule has 1 amide bonds. The number of aryl methyl sites for hydroxylation is 1. The van der Waals surface area contributed by atoms with Crippen LogP contribution in [0.4, 0.5) is 13.2 Å². The summed E-state index contributed by atoms with van der Waals surface area (Å²) in [6, 6.07) is 0.904. The molecule has 1 aromatic rings. The van der Waals surface area contributed by atoms with E-state index < -0.39 is 24.3 Å². The average Bonchev–Trinajstić information content (AvgIpc) is 2.56. The number of nitrogens with one attached hydrogen (secondary N) is 1. The number of hydrogen-bond donors (Lipinski definition) is 1. The van der Waals surface area contributed by atoms with E-state index in [1.165, 1.54) is 13.0 Å². The van der Waals surface area contributed by atoms with Gasteiger partial charge in [0.2, 0.25) is 5.91 Å². The lowest BCUT2D eigenvalue weighted by atomic mass is 10.3. The van der Waals surface area contributed by atoms with E-state index in [-0.39, 0.29) is 12.2 Å². The fraction of sp³-hybridized carbons (Fsp3) is 0.400. The van der Waals surface area contributed by atoms with E-state index in [4.69, 9.17) is 0 Å². The minimum Gasteiger partial charge on any atom is -0.351 e. The van der Waals surface area contributed by atoms with Gasteiger partial charge in [-0.05, 0) is 13.0 Å². The molecule has 0 atom stereocenters. The van der Waals surface area contributed by atoms with Crippen LogP contribution in [0, 0.1) is 6.92 Å². The monoisotopic (exact) mass is 247 g/mol. The van der Waals surface area contributed by atoms with Crippen LogP contribution in [-0.4, -0.2) is 22.2 Å². The number of amides is 1. The van der Waals surface area contributed by atoms with Crippen molar-refractivity contribution in [3.63, 3.8) is 0 Å². The molecule has 0 radical (unpaired) electrons. The Morgan fingerprint density at radius 3 is 2.82 bits per heavy atom. The number of alkyl halides is 3. The van der Waals surface area contributed by atoms with Crippen LogP contribution in [0.15, 0.2) is 18.7 Å². The zero-order chi connectivity index (χ0) is 13.1. The van der Waals surface area contributed by atoms with Crippen LogP contribution in [0.5, 0.6) is 0 Å². The second-order valence-electron chi connectivity index (χ2n) is 3.42. The molecule has 7 heteroatoms. The van der Waals surface area contributed by atoms with E-state index >= 15 is 0 Å². The van der Waals surface area contributed by atoms with Crippen molar-refractivity contribution in [3.8, 4) is 0 Å². The Morgan fingerprint density at radius 2 is 2.29 bits per heavy atom. The van der Waals surface area contributed by atoms with Gasteiger partial charge in [-0.15, -0.1) is 6.58 Å². The molecule has 0 bridgehead atoms. The van der Waals surface area contributed by atoms with Gasteiger partial charge in [-0.2, -0.15) is 18.3 Å². The second-order valence-corrected chi connectivity index (χ2v) is 3.42. The Bertz CT molecular complexity index is 423. The van der Waals surface area contributed by atoms with E-state index in [0.29, 0.717) is 4.68 Å². The summed E-state index contributed by atoms with van der Waals surface area (Å²) < 4.78 is 38.3. The van der Waals surface area contributed by atoms with Crippen LogP contribution in [0.1, 0.15) is 11.4 Å². The minimum absolute atomic E-state index is 0.209. The summed E-state index contributed by atoms with van der Waals surface area (Å²) in [7, 11) is 0. The van der Waals surface area contributed by atoms with E-state index in [1.54, 1.807) is 0 Å². The lowest BCUT2D eigenvalue weighted by Crippen LogP contribution is -2.29. The van der Waals surface area contributed by atoms with Gasteiger partial charge >= 0.3 is 6.18 Å². The molecule has 0 fully saturated rings. The van der Waals surface area contributed by atoms with Crippen molar-refractivity contribution in [1.29, 1.82) is 0 Å². The predicted octanol–water partition coefficient (Wildman–Crippen LogP) is 1.51. The Labute approximate surface area is 96.1 Å². The summed E-state index contributed by atoms with van der Waals surface area (Å²) in [5.41, 5.74) is -0.711. The zero-order valence-corrected chi connectivity index (χ0v) is 9.21. The summed E-state index contributed by atoms with van der Waals surface area (Å²) >= 11 is 0. The maximum Gasteiger partial charge on any atom is 0.433 e. The smallest absolute Gasteiger partial charge is 0.351 e. The molecular formula is C10H12F3N3O. The maximum atomic E-state index is 12.6. The molecule has 94 valence electrons. The highest BCUT2D eigenvalue weighted by Crippen LogP contribution is 2.29. The molecule has 0 aliphatic carbocycles. The van der Waals surface area contributed by atoms with E-state index in [0.717, 1.165) is 6.07 Å². The first-order valence-corrected chi connectivity index (χ1v) is 4.84. The number of aromatic nitrogens is 2. The molecule has 4 nitrogen and oxygen atoms in total. The van der Waals surface area contributed by atoms with Gasteiger partial charge in [0.15, 0.2) is 0 Å². The summed E-state index contributed by atoms with van der Waals surface area (Å²) in [5.74, 6) is -0.543. The van der Waals surface area contributed by atoms with Gasteiger partial charge in [-0.25, -0.2) is 0 Å². The predicted molar refractivity (Wildman–Crippen MR) is 55.2 cm³/mol. The molecule has 1 rings (SSSR count). The Hall–Kier alpha value is -1.79.